The Labute approximate surface area is 117 Å². The number of nitro groups is 1. The summed E-state index contributed by atoms with van der Waals surface area (Å²) in [6.45, 7) is 0.542. The summed E-state index contributed by atoms with van der Waals surface area (Å²) in [5, 5.41) is 18.5. The number of aryl methyl sites for hydroxylation is 1. The van der Waals surface area contributed by atoms with E-state index in [0.29, 0.717) is 28.9 Å². The van der Waals surface area contributed by atoms with Gasteiger partial charge in [0.25, 0.3) is 5.69 Å². The summed E-state index contributed by atoms with van der Waals surface area (Å²) in [4.78, 5) is 10.3. The van der Waals surface area contributed by atoms with Gasteiger partial charge >= 0.3 is 0 Å². The smallest absolute Gasteiger partial charge is 0.271 e. The molecule has 7 nitrogen and oxygen atoms in total. The Kier molecular flexibility index (Phi) is 4.23. The number of nitro benzene ring substituents is 1. The number of rotatable bonds is 5. The molecule has 2 rings (SSSR count). The second-order valence-corrected chi connectivity index (χ2v) is 4.76. The molecule has 0 amide bonds. The minimum absolute atomic E-state index is 0.0360. The van der Waals surface area contributed by atoms with Crippen LogP contribution in [0.2, 0.25) is 0 Å². The normalized spacial score (nSPS) is 10.6. The van der Waals surface area contributed by atoms with Crippen LogP contribution in [0.25, 0.3) is 11.5 Å². The van der Waals surface area contributed by atoms with Crippen LogP contribution in [0.3, 0.4) is 0 Å². The van der Waals surface area contributed by atoms with Gasteiger partial charge in [-0.15, -0.1) is 10.2 Å². The topological polar surface area (TPSA) is 108 Å². The fraction of sp³-hybridized carbons (Fsp3) is 0.273. The second kappa shape index (κ2) is 5.89. The minimum atomic E-state index is -0.472. The highest BCUT2D eigenvalue weighted by atomic mass is 79.9. The standard InChI is InChI=1S/C11H11BrN4O3/c12-8-4-7(5-9(6-8)16(17)18)11-15-14-10(19-11)2-1-3-13/h4-6H,1-3,13H2. The van der Waals surface area contributed by atoms with Gasteiger partial charge in [-0.05, 0) is 19.0 Å². The number of aromatic nitrogens is 2. The van der Waals surface area contributed by atoms with E-state index in [4.69, 9.17) is 10.2 Å². The third kappa shape index (κ3) is 3.36. The molecule has 2 N–H and O–H groups in total. The number of hydrogen-bond donors (Lipinski definition) is 1. The van der Waals surface area contributed by atoms with E-state index in [1.165, 1.54) is 12.1 Å². The Hall–Kier alpha value is -1.80. The van der Waals surface area contributed by atoms with Crippen molar-refractivity contribution in [3.8, 4) is 11.5 Å². The Morgan fingerprint density at radius 2 is 2.16 bits per heavy atom. The SMILES string of the molecule is NCCCc1nnc(-c2cc(Br)cc([N+](=O)[O-])c2)o1. The van der Waals surface area contributed by atoms with Gasteiger partial charge in [0.05, 0.1) is 4.92 Å². The molecule has 1 aromatic carbocycles. The molecule has 1 heterocycles. The van der Waals surface area contributed by atoms with Gasteiger partial charge in [0.2, 0.25) is 11.8 Å². The number of nitrogens with two attached hydrogens (primary N) is 1. The van der Waals surface area contributed by atoms with Crippen molar-refractivity contribution in [1.82, 2.24) is 10.2 Å². The molecule has 0 fully saturated rings. The van der Waals surface area contributed by atoms with E-state index in [1.807, 2.05) is 0 Å². The van der Waals surface area contributed by atoms with Crippen molar-refractivity contribution in [2.75, 3.05) is 6.54 Å². The average molecular weight is 327 g/mol. The predicted octanol–water partition coefficient (Wildman–Crippen LogP) is 2.30. The molecule has 0 aliphatic heterocycles. The van der Waals surface area contributed by atoms with Gasteiger partial charge in [0, 0.05) is 28.6 Å². The molecule has 0 aliphatic rings. The summed E-state index contributed by atoms with van der Waals surface area (Å²) >= 11 is 3.22. The fourth-order valence-corrected chi connectivity index (χ4v) is 2.01. The maximum absolute atomic E-state index is 10.8. The molecule has 1 aromatic heterocycles. The maximum atomic E-state index is 10.8. The molecular formula is C11H11BrN4O3. The van der Waals surface area contributed by atoms with E-state index in [2.05, 4.69) is 26.1 Å². The van der Waals surface area contributed by atoms with E-state index >= 15 is 0 Å². The van der Waals surface area contributed by atoms with Crippen LogP contribution in [0.15, 0.2) is 27.1 Å². The van der Waals surface area contributed by atoms with Crippen molar-refractivity contribution in [2.24, 2.45) is 5.73 Å². The first-order valence-corrected chi connectivity index (χ1v) is 6.37. The van der Waals surface area contributed by atoms with Gasteiger partial charge in [-0.25, -0.2) is 0 Å². The van der Waals surface area contributed by atoms with Gasteiger partial charge in [-0.3, -0.25) is 10.1 Å². The van der Waals surface area contributed by atoms with Crippen LogP contribution in [0.5, 0.6) is 0 Å². The first kappa shape index (κ1) is 13.6. The molecule has 0 spiro atoms. The fourth-order valence-electron chi connectivity index (χ4n) is 1.53. The van der Waals surface area contributed by atoms with E-state index in [1.54, 1.807) is 6.07 Å². The zero-order valence-corrected chi connectivity index (χ0v) is 11.5. The summed E-state index contributed by atoms with van der Waals surface area (Å²) < 4.78 is 6.02. The van der Waals surface area contributed by atoms with Crippen molar-refractivity contribution < 1.29 is 9.34 Å². The zero-order valence-electron chi connectivity index (χ0n) is 9.88. The van der Waals surface area contributed by atoms with Crippen LogP contribution < -0.4 is 5.73 Å². The molecule has 0 unspecified atom stereocenters. The van der Waals surface area contributed by atoms with Crippen molar-refractivity contribution in [3.63, 3.8) is 0 Å². The van der Waals surface area contributed by atoms with Crippen molar-refractivity contribution in [2.45, 2.75) is 12.8 Å². The van der Waals surface area contributed by atoms with Crippen molar-refractivity contribution >= 4 is 21.6 Å². The third-order valence-electron chi connectivity index (χ3n) is 2.40. The van der Waals surface area contributed by atoms with E-state index < -0.39 is 4.92 Å². The summed E-state index contributed by atoms with van der Waals surface area (Å²) in [7, 11) is 0. The number of nitrogens with zero attached hydrogens (tertiary/aromatic N) is 3. The highest BCUT2D eigenvalue weighted by molar-refractivity contribution is 9.10. The average Bonchev–Trinajstić information content (AvgIpc) is 2.84. The Balaban J connectivity index is 2.30. The molecule has 0 bridgehead atoms. The monoisotopic (exact) mass is 326 g/mol. The number of hydrogen-bond acceptors (Lipinski definition) is 6. The van der Waals surface area contributed by atoms with Crippen LogP contribution in [-0.2, 0) is 6.42 Å². The first-order valence-electron chi connectivity index (χ1n) is 5.58. The molecule has 0 aliphatic carbocycles. The largest absolute Gasteiger partial charge is 0.421 e. The number of benzene rings is 1. The van der Waals surface area contributed by atoms with E-state index in [9.17, 15) is 10.1 Å². The Bertz CT molecular complexity index is 599. The van der Waals surface area contributed by atoms with Crippen molar-refractivity contribution in [1.29, 1.82) is 0 Å². The lowest BCUT2D eigenvalue weighted by molar-refractivity contribution is -0.384. The van der Waals surface area contributed by atoms with Crippen LogP contribution in [0, 0.1) is 10.1 Å². The highest BCUT2D eigenvalue weighted by Gasteiger charge is 2.14. The maximum Gasteiger partial charge on any atom is 0.271 e. The highest BCUT2D eigenvalue weighted by Crippen LogP contribution is 2.27. The summed E-state index contributed by atoms with van der Waals surface area (Å²) in [6.07, 6.45) is 1.35. The lowest BCUT2D eigenvalue weighted by Crippen LogP contribution is -2.00. The van der Waals surface area contributed by atoms with Crippen LogP contribution in [-0.4, -0.2) is 21.7 Å². The van der Waals surface area contributed by atoms with Gasteiger partial charge in [0.15, 0.2) is 0 Å². The summed E-state index contributed by atoms with van der Waals surface area (Å²) in [5.74, 6) is 0.736. The lowest BCUT2D eigenvalue weighted by atomic mass is 10.2. The van der Waals surface area contributed by atoms with Gasteiger partial charge in [-0.1, -0.05) is 15.9 Å². The second-order valence-electron chi connectivity index (χ2n) is 3.85. The molecule has 0 saturated heterocycles. The van der Waals surface area contributed by atoms with Gasteiger partial charge in [-0.2, -0.15) is 0 Å². The van der Waals surface area contributed by atoms with Crippen molar-refractivity contribution in [3.05, 3.63) is 38.7 Å². The van der Waals surface area contributed by atoms with Crippen LogP contribution in [0.4, 0.5) is 5.69 Å². The first-order chi connectivity index (χ1) is 9.10. The predicted molar refractivity (Wildman–Crippen MR) is 71.5 cm³/mol. The van der Waals surface area contributed by atoms with E-state index in [-0.39, 0.29) is 11.6 Å². The minimum Gasteiger partial charge on any atom is -0.421 e. The molecule has 19 heavy (non-hydrogen) atoms. The molecule has 100 valence electrons. The lowest BCUT2D eigenvalue weighted by Gasteiger charge is -1.97. The molecule has 0 saturated carbocycles. The molecular weight excluding hydrogens is 316 g/mol. The van der Waals surface area contributed by atoms with Gasteiger partial charge < -0.3 is 10.2 Å². The summed E-state index contributed by atoms with van der Waals surface area (Å²) in [5.41, 5.74) is 5.87. The summed E-state index contributed by atoms with van der Waals surface area (Å²) in [6, 6.07) is 4.49. The van der Waals surface area contributed by atoms with Crippen LogP contribution >= 0.6 is 15.9 Å². The molecule has 0 atom stereocenters. The quantitative estimate of drug-likeness (QED) is 0.667. The third-order valence-corrected chi connectivity index (χ3v) is 2.86. The van der Waals surface area contributed by atoms with Crippen LogP contribution in [0.1, 0.15) is 12.3 Å². The molecule has 2 aromatic rings. The Morgan fingerprint density at radius 1 is 1.37 bits per heavy atom. The molecule has 8 heteroatoms. The van der Waals surface area contributed by atoms with E-state index in [0.717, 1.165) is 6.42 Å². The van der Waals surface area contributed by atoms with Gasteiger partial charge in [0.1, 0.15) is 0 Å². The zero-order chi connectivity index (χ0) is 13.8. The number of non-ortho nitro benzene ring substituents is 1. The Morgan fingerprint density at radius 3 is 2.84 bits per heavy atom. The number of halogens is 1. The molecule has 0 radical (unpaired) electrons.